The number of anilines is 1. The van der Waals surface area contributed by atoms with Gasteiger partial charge in [0, 0.05) is 22.4 Å². The first-order valence-corrected chi connectivity index (χ1v) is 12.1. The number of hydrogen-bond acceptors (Lipinski definition) is 6. The molecule has 0 N–H and O–H groups in total. The van der Waals surface area contributed by atoms with E-state index in [-0.39, 0.29) is 18.2 Å². The van der Waals surface area contributed by atoms with Gasteiger partial charge in [-0.05, 0) is 37.3 Å². The van der Waals surface area contributed by atoms with Gasteiger partial charge in [0.15, 0.2) is 5.16 Å². The van der Waals surface area contributed by atoms with Crippen molar-refractivity contribution < 1.29 is 14.3 Å². The molecule has 3 aromatic carbocycles. The second-order valence-electron chi connectivity index (χ2n) is 7.66. The molecule has 0 spiro atoms. The van der Waals surface area contributed by atoms with Crippen LogP contribution in [0.3, 0.4) is 0 Å². The number of amides is 2. The molecular formula is C26H20ClN3O3S. The summed E-state index contributed by atoms with van der Waals surface area (Å²) in [6.07, 6.45) is 0.0621. The van der Waals surface area contributed by atoms with Gasteiger partial charge in [0.1, 0.15) is 11.0 Å². The van der Waals surface area contributed by atoms with Crippen LogP contribution in [0.4, 0.5) is 5.69 Å². The highest BCUT2D eigenvalue weighted by molar-refractivity contribution is 8.00. The van der Waals surface area contributed by atoms with Crippen molar-refractivity contribution in [3.63, 3.8) is 0 Å². The van der Waals surface area contributed by atoms with Crippen molar-refractivity contribution in [3.05, 3.63) is 77.8 Å². The van der Waals surface area contributed by atoms with Gasteiger partial charge in [0.2, 0.25) is 11.8 Å². The summed E-state index contributed by atoms with van der Waals surface area (Å²) in [6.45, 7) is 2.29. The normalized spacial score (nSPS) is 15.8. The lowest BCUT2D eigenvalue weighted by molar-refractivity contribution is -0.121. The van der Waals surface area contributed by atoms with Crippen LogP contribution in [0.15, 0.2) is 78.0 Å². The Labute approximate surface area is 205 Å². The first-order chi connectivity index (χ1) is 16.5. The SMILES string of the molecule is CCOc1ccccc1N1C(=O)CC(Sc2nc(-c3ccccc3)c3cc(Cl)ccc3n2)C1=O. The van der Waals surface area contributed by atoms with Gasteiger partial charge in [0.25, 0.3) is 0 Å². The number of carbonyl (C=O) groups is 2. The number of imide groups is 1. The van der Waals surface area contributed by atoms with Crippen LogP contribution in [0.25, 0.3) is 22.2 Å². The summed E-state index contributed by atoms with van der Waals surface area (Å²) in [7, 11) is 0. The zero-order chi connectivity index (χ0) is 23.7. The molecule has 5 rings (SSSR count). The van der Waals surface area contributed by atoms with Crippen LogP contribution in [-0.2, 0) is 9.59 Å². The molecule has 2 amide bonds. The largest absolute Gasteiger partial charge is 0.492 e. The molecule has 1 unspecified atom stereocenters. The number of fused-ring (bicyclic) bond motifs is 1. The minimum Gasteiger partial charge on any atom is -0.492 e. The molecular weight excluding hydrogens is 470 g/mol. The van der Waals surface area contributed by atoms with Crippen molar-refractivity contribution in [1.82, 2.24) is 9.97 Å². The number of thioether (sulfide) groups is 1. The van der Waals surface area contributed by atoms with E-state index in [1.54, 1.807) is 24.3 Å². The Morgan fingerprint density at radius 2 is 1.79 bits per heavy atom. The number of carbonyl (C=O) groups excluding carboxylic acids is 2. The van der Waals surface area contributed by atoms with E-state index >= 15 is 0 Å². The van der Waals surface area contributed by atoms with Crippen molar-refractivity contribution >= 4 is 51.8 Å². The van der Waals surface area contributed by atoms with E-state index in [1.165, 1.54) is 16.7 Å². The molecule has 1 aliphatic rings. The van der Waals surface area contributed by atoms with Crippen molar-refractivity contribution in [2.45, 2.75) is 23.8 Å². The van der Waals surface area contributed by atoms with Gasteiger partial charge in [-0.25, -0.2) is 14.9 Å². The quantitative estimate of drug-likeness (QED) is 0.253. The van der Waals surface area contributed by atoms with Crippen molar-refractivity contribution in [3.8, 4) is 17.0 Å². The number of ether oxygens (including phenoxy) is 1. The highest BCUT2D eigenvalue weighted by Crippen LogP contribution is 2.38. The number of hydrogen-bond donors (Lipinski definition) is 0. The van der Waals surface area contributed by atoms with Crippen LogP contribution in [0.1, 0.15) is 13.3 Å². The van der Waals surface area contributed by atoms with Gasteiger partial charge >= 0.3 is 0 Å². The van der Waals surface area contributed by atoms with Gasteiger partial charge in [-0.1, -0.05) is 65.8 Å². The summed E-state index contributed by atoms with van der Waals surface area (Å²) in [5, 5.41) is 1.22. The number of nitrogens with zero attached hydrogens (tertiary/aromatic N) is 3. The summed E-state index contributed by atoms with van der Waals surface area (Å²) in [6, 6.07) is 22.3. The molecule has 0 aliphatic carbocycles. The Morgan fingerprint density at radius 3 is 2.59 bits per heavy atom. The molecule has 34 heavy (non-hydrogen) atoms. The minimum absolute atomic E-state index is 0.0621. The standard InChI is InChI=1S/C26H20ClN3O3S/c1-2-33-21-11-7-6-10-20(21)30-23(31)15-22(25(30)32)34-26-28-19-13-12-17(27)14-18(19)24(29-26)16-8-4-3-5-9-16/h3-14,22H,2,15H2,1H3. The van der Waals surface area contributed by atoms with E-state index in [2.05, 4.69) is 4.98 Å². The number of aromatic nitrogens is 2. The molecule has 1 saturated heterocycles. The molecule has 170 valence electrons. The van der Waals surface area contributed by atoms with Gasteiger partial charge < -0.3 is 4.74 Å². The van der Waals surface area contributed by atoms with E-state index in [4.69, 9.17) is 21.3 Å². The van der Waals surface area contributed by atoms with E-state index in [0.717, 1.165) is 22.2 Å². The molecule has 0 bridgehead atoms. The maximum absolute atomic E-state index is 13.3. The summed E-state index contributed by atoms with van der Waals surface area (Å²) in [5.74, 6) is -0.0729. The lowest BCUT2D eigenvalue weighted by Gasteiger charge is -2.18. The number of halogens is 1. The van der Waals surface area contributed by atoms with E-state index < -0.39 is 5.25 Å². The maximum atomic E-state index is 13.3. The Hall–Kier alpha value is -3.42. The average Bonchev–Trinajstić information content (AvgIpc) is 3.12. The topological polar surface area (TPSA) is 72.4 Å². The van der Waals surface area contributed by atoms with Gasteiger partial charge in [-0.2, -0.15) is 0 Å². The number of benzene rings is 3. The second kappa shape index (κ2) is 9.44. The number of para-hydroxylation sites is 2. The van der Waals surface area contributed by atoms with Crippen LogP contribution < -0.4 is 9.64 Å². The highest BCUT2D eigenvalue weighted by Gasteiger charge is 2.41. The zero-order valence-electron chi connectivity index (χ0n) is 18.3. The monoisotopic (exact) mass is 489 g/mol. The molecule has 0 radical (unpaired) electrons. The third kappa shape index (κ3) is 4.24. The smallest absolute Gasteiger partial charge is 0.248 e. The maximum Gasteiger partial charge on any atom is 0.248 e. The van der Waals surface area contributed by atoms with Crippen molar-refractivity contribution in [2.24, 2.45) is 0 Å². The molecule has 4 aromatic rings. The average molecular weight is 490 g/mol. The number of rotatable bonds is 6. The van der Waals surface area contributed by atoms with Crippen LogP contribution in [0.5, 0.6) is 5.75 Å². The third-order valence-corrected chi connectivity index (χ3v) is 6.72. The predicted octanol–water partition coefficient (Wildman–Crippen LogP) is 5.77. The third-order valence-electron chi connectivity index (χ3n) is 5.44. The first-order valence-electron chi connectivity index (χ1n) is 10.8. The Bertz CT molecular complexity index is 1400. The van der Waals surface area contributed by atoms with Crippen molar-refractivity contribution in [1.29, 1.82) is 0 Å². The molecule has 1 fully saturated rings. The Kier molecular flexibility index (Phi) is 6.22. The van der Waals surface area contributed by atoms with Crippen LogP contribution >= 0.6 is 23.4 Å². The summed E-state index contributed by atoms with van der Waals surface area (Å²) < 4.78 is 5.63. The summed E-state index contributed by atoms with van der Waals surface area (Å²) >= 11 is 7.44. The summed E-state index contributed by atoms with van der Waals surface area (Å²) in [5.41, 5.74) is 2.82. The Balaban J connectivity index is 1.50. The fraction of sp³-hybridized carbons (Fsp3) is 0.154. The molecule has 1 aromatic heterocycles. The lowest BCUT2D eigenvalue weighted by atomic mass is 10.1. The molecule has 2 heterocycles. The second-order valence-corrected chi connectivity index (χ2v) is 9.27. The fourth-order valence-corrected chi connectivity index (χ4v) is 5.10. The molecule has 1 aliphatic heterocycles. The Morgan fingerprint density at radius 1 is 1.03 bits per heavy atom. The zero-order valence-corrected chi connectivity index (χ0v) is 19.8. The van der Waals surface area contributed by atoms with Crippen LogP contribution in [0, 0.1) is 0 Å². The molecule has 8 heteroatoms. The molecule has 1 atom stereocenters. The first kappa shape index (κ1) is 22.4. The molecule has 0 saturated carbocycles. The lowest BCUT2D eigenvalue weighted by Crippen LogP contribution is -2.31. The predicted molar refractivity (Wildman–Crippen MR) is 134 cm³/mol. The van der Waals surface area contributed by atoms with Gasteiger partial charge in [0.05, 0.1) is 23.5 Å². The van der Waals surface area contributed by atoms with Gasteiger partial charge in [-0.15, -0.1) is 0 Å². The van der Waals surface area contributed by atoms with Crippen molar-refractivity contribution in [2.75, 3.05) is 11.5 Å². The molecule has 6 nitrogen and oxygen atoms in total. The van der Waals surface area contributed by atoms with Gasteiger partial charge in [-0.3, -0.25) is 9.59 Å². The highest BCUT2D eigenvalue weighted by atomic mass is 35.5. The van der Waals surface area contributed by atoms with Crippen LogP contribution in [0.2, 0.25) is 5.02 Å². The fourth-order valence-electron chi connectivity index (χ4n) is 3.94. The van der Waals surface area contributed by atoms with E-state index in [1.807, 2.05) is 55.5 Å². The van der Waals surface area contributed by atoms with E-state index in [9.17, 15) is 9.59 Å². The summed E-state index contributed by atoms with van der Waals surface area (Å²) in [4.78, 5) is 36.8. The minimum atomic E-state index is -0.629. The van der Waals surface area contributed by atoms with Crippen LogP contribution in [-0.4, -0.2) is 33.6 Å². The van der Waals surface area contributed by atoms with E-state index in [0.29, 0.717) is 28.2 Å².